The smallest absolute Gasteiger partial charge is 0.293 e. The maximum atomic E-state index is 11.2. The number of carbonyl (C=O) groups is 1. The zero-order chi connectivity index (χ0) is 16.3. The highest BCUT2D eigenvalue weighted by Crippen LogP contribution is 2.30. The molecule has 2 rings (SSSR count). The fourth-order valence-electron chi connectivity index (χ4n) is 2.11. The van der Waals surface area contributed by atoms with Crippen molar-refractivity contribution in [3.63, 3.8) is 0 Å². The Hall–Kier alpha value is -2.41. The van der Waals surface area contributed by atoms with Crippen LogP contribution in [0.2, 0.25) is 0 Å². The van der Waals surface area contributed by atoms with Crippen LogP contribution in [0, 0.1) is 10.1 Å². The van der Waals surface area contributed by atoms with Crippen LogP contribution in [-0.2, 0) is 6.54 Å². The van der Waals surface area contributed by atoms with Crippen LogP contribution in [0.1, 0.15) is 15.9 Å². The van der Waals surface area contributed by atoms with Gasteiger partial charge in [-0.1, -0.05) is 34.1 Å². The molecule has 1 amide bonds. The lowest BCUT2D eigenvalue weighted by molar-refractivity contribution is -0.384. The molecule has 0 bridgehead atoms. The number of nitro groups is 1. The predicted molar refractivity (Wildman–Crippen MR) is 87.9 cm³/mol. The summed E-state index contributed by atoms with van der Waals surface area (Å²) in [7, 11) is 1.76. The number of halogens is 1. The van der Waals surface area contributed by atoms with Crippen molar-refractivity contribution < 1.29 is 9.72 Å². The number of rotatable bonds is 5. The molecule has 0 aliphatic rings. The van der Waals surface area contributed by atoms with E-state index in [1.807, 2.05) is 24.3 Å². The number of nitrogens with two attached hydrogens (primary N) is 1. The van der Waals surface area contributed by atoms with Crippen LogP contribution in [0.15, 0.2) is 46.9 Å². The van der Waals surface area contributed by atoms with E-state index in [1.54, 1.807) is 11.9 Å². The number of nitrogens with zero attached hydrogens (tertiary/aromatic N) is 2. The Balaban J connectivity index is 2.37. The van der Waals surface area contributed by atoms with Crippen molar-refractivity contribution in [2.45, 2.75) is 6.54 Å². The van der Waals surface area contributed by atoms with E-state index in [-0.39, 0.29) is 11.3 Å². The molecule has 0 atom stereocenters. The molecule has 2 aromatic carbocycles. The summed E-state index contributed by atoms with van der Waals surface area (Å²) in [6.45, 7) is 0.484. The Labute approximate surface area is 135 Å². The molecule has 7 heteroatoms. The summed E-state index contributed by atoms with van der Waals surface area (Å²) >= 11 is 3.45. The fraction of sp³-hybridized carbons (Fsp3) is 0.133. The second-order valence-electron chi connectivity index (χ2n) is 4.77. The summed E-state index contributed by atoms with van der Waals surface area (Å²) in [5.41, 5.74) is 6.56. The van der Waals surface area contributed by atoms with E-state index in [0.29, 0.717) is 12.2 Å². The number of benzene rings is 2. The first kappa shape index (κ1) is 16.0. The lowest BCUT2D eigenvalue weighted by Gasteiger charge is -2.20. The second kappa shape index (κ2) is 6.57. The highest BCUT2D eigenvalue weighted by molar-refractivity contribution is 9.10. The molecule has 0 aliphatic carbocycles. The lowest BCUT2D eigenvalue weighted by atomic mass is 10.1. The Morgan fingerprint density at radius 1 is 1.32 bits per heavy atom. The average molecular weight is 364 g/mol. The van der Waals surface area contributed by atoms with Gasteiger partial charge in [0, 0.05) is 29.7 Å². The van der Waals surface area contributed by atoms with Crippen LogP contribution >= 0.6 is 15.9 Å². The van der Waals surface area contributed by atoms with Gasteiger partial charge in [0.1, 0.15) is 5.69 Å². The first-order chi connectivity index (χ1) is 10.4. The Morgan fingerprint density at radius 2 is 2.00 bits per heavy atom. The highest BCUT2D eigenvalue weighted by atomic mass is 79.9. The van der Waals surface area contributed by atoms with Gasteiger partial charge in [-0.25, -0.2) is 0 Å². The standard InChI is InChI=1S/C15H14BrN3O3/c1-18(9-11-4-2-3-5-12(11)16)13-7-6-10(15(17)20)8-14(13)19(21)22/h2-8H,9H2,1H3,(H2,17,20). The van der Waals surface area contributed by atoms with E-state index >= 15 is 0 Å². The first-order valence-electron chi connectivity index (χ1n) is 6.43. The van der Waals surface area contributed by atoms with Gasteiger partial charge in [-0.15, -0.1) is 0 Å². The van der Waals surface area contributed by atoms with Gasteiger partial charge >= 0.3 is 0 Å². The Morgan fingerprint density at radius 3 is 2.59 bits per heavy atom. The predicted octanol–water partition coefficient (Wildman–Crippen LogP) is 3.09. The zero-order valence-electron chi connectivity index (χ0n) is 11.8. The van der Waals surface area contributed by atoms with Crippen LogP contribution < -0.4 is 10.6 Å². The number of hydrogen-bond acceptors (Lipinski definition) is 4. The minimum atomic E-state index is -0.692. The average Bonchev–Trinajstić information content (AvgIpc) is 2.48. The van der Waals surface area contributed by atoms with Crippen molar-refractivity contribution in [1.82, 2.24) is 0 Å². The third-order valence-electron chi connectivity index (χ3n) is 3.23. The lowest BCUT2D eigenvalue weighted by Crippen LogP contribution is -2.19. The molecule has 0 spiro atoms. The normalized spacial score (nSPS) is 10.3. The quantitative estimate of drug-likeness (QED) is 0.652. The molecule has 0 saturated heterocycles. The number of hydrogen-bond donors (Lipinski definition) is 1. The highest BCUT2D eigenvalue weighted by Gasteiger charge is 2.19. The van der Waals surface area contributed by atoms with Gasteiger partial charge in [0.25, 0.3) is 5.69 Å². The summed E-state index contributed by atoms with van der Waals surface area (Å²) in [6, 6.07) is 11.9. The monoisotopic (exact) mass is 363 g/mol. The van der Waals surface area contributed by atoms with Crippen LogP contribution in [-0.4, -0.2) is 17.9 Å². The van der Waals surface area contributed by atoms with Crippen molar-refractivity contribution >= 4 is 33.2 Å². The van der Waals surface area contributed by atoms with Crippen LogP contribution in [0.3, 0.4) is 0 Å². The molecule has 22 heavy (non-hydrogen) atoms. The fourth-order valence-corrected chi connectivity index (χ4v) is 2.52. The first-order valence-corrected chi connectivity index (χ1v) is 7.22. The Bertz CT molecular complexity index is 734. The molecule has 0 aromatic heterocycles. The van der Waals surface area contributed by atoms with Gasteiger partial charge in [-0.3, -0.25) is 14.9 Å². The van der Waals surface area contributed by atoms with Gasteiger partial charge in [-0.2, -0.15) is 0 Å². The summed E-state index contributed by atoms with van der Waals surface area (Å²) in [5.74, 6) is -0.692. The van der Waals surface area contributed by atoms with E-state index in [0.717, 1.165) is 10.0 Å². The van der Waals surface area contributed by atoms with Crippen molar-refractivity contribution in [3.05, 3.63) is 68.2 Å². The molecule has 0 fully saturated rings. The third-order valence-corrected chi connectivity index (χ3v) is 4.01. The molecule has 0 saturated carbocycles. The van der Waals surface area contributed by atoms with Crippen LogP contribution in [0.4, 0.5) is 11.4 Å². The summed E-state index contributed by atoms with van der Waals surface area (Å²) in [4.78, 5) is 23.6. The number of carbonyl (C=O) groups excluding carboxylic acids is 1. The van der Waals surface area contributed by atoms with Crippen molar-refractivity contribution in [2.24, 2.45) is 5.73 Å². The van der Waals surface area contributed by atoms with Crippen LogP contribution in [0.5, 0.6) is 0 Å². The van der Waals surface area contributed by atoms with Crippen LogP contribution in [0.25, 0.3) is 0 Å². The van der Waals surface area contributed by atoms with E-state index in [2.05, 4.69) is 15.9 Å². The maximum Gasteiger partial charge on any atom is 0.293 e. The summed E-state index contributed by atoms with van der Waals surface area (Å²) in [6.07, 6.45) is 0. The second-order valence-corrected chi connectivity index (χ2v) is 5.63. The SMILES string of the molecule is CN(Cc1ccccc1Br)c1ccc(C(N)=O)cc1[N+](=O)[O-]. The van der Waals surface area contributed by atoms with Crippen molar-refractivity contribution in [1.29, 1.82) is 0 Å². The minimum Gasteiger partial charge on any atom is -0.366 e. The molecular weight excluding hydrogens is 350 g/mol. The minimum absolute atomic E-state index is 0.116. The molecule has 0 radical (unpaired) electrons. The number of nitro benzene ring substituents is 1. The molecule has 114 valence electrons. The van der Waals surface area contributed by atoms with E-state index in [4.69, 9.17) is 5.73 Å². The van der Waals surface area contributed by atoms with Gasteiger partial charge < -0.3 is 10.6 Å². The number of amides is 1. The van der Waals surface area contributed by atoms with Gasteiger partial charge in [-0.05, 0) is 23.8 Å². The maximum absolute atomic E-state index is 11.2. The molecule has 2 aromatic rings. The van der Waals surface area contributed by atoms with Gasteiger partial charge in [0.15, 0.2) is 0 Å². The molecule has 6 nitrogen and oxygen atoms in total. The molecule has 2 N–H and O–H groups in total. The molecule has 0 heterocycles. The molecular formula is C15H14BrN3O3. The summed E-state index contributed by atoms with van der Waals surface area (Å²) < 4.78 is 0.929. The topological polar surface area (TPSA) is 89.5 Å². The van der Waals surface area contributed by atoms with E-state index in [1.165, 1.54) is 18.2 Å². The van der Waals surface area contributed by atoms with Gasteiger partial charge in [0.05, 0.1) is 4.92 Å². The number of anilines is 1. The molecule has 0 aliphatic heterocycles. The Kier molecular flexibility index (Phi) is 4.77. The zero-order valence-corrected chi connectivity index (χ0v) is 13.4. The van der Waals surface area contributed by atoms with Crippen molar-refractivity contribution in [2.75, 3.05) is 11.9 Å². The number of primary amides is 1. The molecule has 0 unspecified atom stereocenters. The van der Waals surface area contributed by atoms with E-state index in [9.17, 15) is 14.9 Å². The van der Waals surface area contributed by atoms with Crippen molar-refractivity contribution in [3.8, 4) is 0 Å². The third kappa shape index (κ3) is 3.43. The largest absolute Gasteiger partial charge is 0.366 e. The van der Waals surface area contributed by atoms with Gasteiger partial charge in [0.2, 0.25) is 5.91 Å². The van der Waals surface area contributed by atoms with E-state index < -0.39 is 10.8 Å². The summed E-state index contributed by atoms with van der Waals surface area (Å²) in [5, 5.41) is 11.2.